The number of rotatable bonds is 5. The standard InChI is InChI=1S/C19H22N6O/c1-25-10-16(13-2-4-14(5-3-13)22-11-20)17-18(25)19(24-12-23-17)26-15-6-8-21-9-7-15/h2-5,10-12,15,21H,6-9H2,1H3,(H2,20,22). The van der Waals surface area contributed by atoms with E-state index in [0.717, 1.165) is 53.8 Å². The lowest BCUT2D eigenvalue weighted by molar-refractivity contribution is 0.157. The molecule has 7 nitrogen and oxygen atoms in total. The lowest BCUT2D eigenvalue weighted by atomic mass is 10.1. The number of nitrogens with one attached hydrogen (secondary N) is 3. The number of benzene rings is 1. The summed E-state index contributed by atoms with van der Waals surface area (Å²) in [6.45, 7) is 1.96. The number of piperidine rings is 1. The van der Waals surface area contributed by atoms with Gasteiger partial charge in [0.05, 0.1) is 6.34 Å². The number of aryl methyl sites for hydroxylation is 1. The quantitative estimate of drug-likeness (QED) is 0.486. The fourth-order valence-electron chi connectivity index (χ4n) is 3.39. The molecule has 3 N–H and O–H groups in total. The number of hydrogen-bond donors (Lipinski definition) is 3. The molecule has 0 amide bonds. The number of nitrogens with zero attached hydrogens (tertiary/aromatic N) is 3. The van der Waals surface area contributed by atoms with E-state index in [4.69, 9.17) is 10.1 Å². The van der Waals surface area contributed by atoms with Crippen molar-refractivity contribution in [1.82, 2.24) is 19.9 Å². The van der Waals surface area contributed by atoms with Crippen LogP contribution in [0.5, 0.6) is 5.88 Å². The molecule has 7 heteroatoms. The van der Waals surface area contributed by atoms with Crippen molar-refractivity contribution in [2.75, 3.05) is 18.4 Å². The predicted octanol–water partition coefficient (Wildman–Crippen LogP) is 2.79. The van der Waals surface area contributed by atoms with Gasteiger partial charge in [0, 0.05) is 24.5 Å². The molecule has 26 heavy (non-hydrogen) atoms. The Morgan fingerprint density at radius 2 is 2.00 bits per heavy atom. The first-order chi connectivity index (χ1) is 12.8. The van der Waals surface area contributed by atoms with Gasteiger partial charge in [0.1, 0.15) is 23.5 Å². The summed E-state index contributed by atoms with van der Waals surface area (Å²) in [5, 5.41) is 13.3. The molecule has 0 spiro atoms. The molecule has 134 valence electrons. The number of hydrogen-bond acceptors (Lipinski definition) is 5. The van der Waals surface area contributed by atoms with Gasteiger partial charge >= 0.3 is 0 Å². The largest absolute Gasteiger partial charge is 0.473 e. The molecule has 0 bridgehead atoms. The van der Waals surface area contributed by atoms with E-state index in [1.807, 2.05) is 35.9 Å². The first-order valence-electron chi connectivity index (χ1n) is 8.79. The van der Waals surface area contributed by atoms with Crippen molar-refractivity contribution in [3.63, 3.8) is 0 Å². The molecule has 0 radical (unpaired) electrons. The number of aromatic nitrogens is 3. The molecular formula is C19H22N6O. The highest BCUT2D eigenvalue weighted by atomic mass is 16.5. The molecule has 2 aromatic heterocycles. The van der Waals surface area contributed by atoms with Crippen molar-refractivity contribution in [2.45, 2.75) is 18.9 Å². The van der Waals surface area contributed by atoms with Gasteiger partial charge in [0.15, 0.2) is 0 Å². The summed E-state index contributed by atoms with van der Waals surface area (Å²) < 4.78 is 8.24. The van der Waals surface area contributed by atoms with Crippen LogP contribution in [0.3, 0.4) is 0 Å². The Kier molecular flexibility index (Phi) is 4.53. The first-order valence-corrected chi connectivity index (χ1v) is 8.79. The topological polar surface area (TPSA) is 87.9 Å². The lowest BCUT2D eigenvalue weighted by Crippen LogP contribution is -2.34. The zero-order valence-corrected chi connectivity index (χ0v) is 14.7. The van der Waals surface area contributed by atoms with Crippen LogP contribution in [0.1, 0.15) is 12.8 Å². The molecule has 1 aliphatic rings. The van der Waals surface area contributed by atoms with Gasteiger partial charge in [-0.1, -0.05) is 12.1 Å². The van der Waals surface area contributed by atoms with Gasteiger partial charge in [-0.25, -0.2) is 4.98 Å². The molecule has 3 aromatic rings. The highest BCUT2D eigenvalue weighted by molar-refractivity contribution is 5.95. The first kappa shape index (κ1) is 16.5. The molecule has 0 unspecified atom stereocenters. The van der Waals surface area contributed by atoms with Crippen molar-refractivity contribution < 1.29 is 4.74 Å². The lowest BCUT2D eigenvalue weighted by Gasteiger charge is -2.23. The fraction of sp³-hybridized carbons (Fsp3) is 0.316. The number of anilines is 1. The second-order valence-corrected chi connectivity index (χ2v) is 6.46. The van der Waals surface area contributed by atoms with Crippen LogP contribution in [0.2, 0.25) is 0 Å². The molecule has 1 fully saturated rings. The third-order valence-corrected chi connectivity index (χ3v) is 4.72. The van der Waals surface area contributed by atoms with Gasteiger partial charge in [0.25, 0.3) is 0 Å². The maximum absolute atomic E-state index is 7.12. The smallest absolute Gasteiger partial charge is 0.242 e. The second kappa shape index (κ2) is 7.13. The van der Waals surface area contributed by atoms with Crippen LogP contribution in [0.25, 0.3) is 22.2 Å². The van der Waals surface area contributed by atoms with Gasteiger partial charge < -0.3 is 19.9 Å². The third kappa shape index (κ3) is 3.13. The average molecular weight is 350 g/mol. The molecule has 1 saturated heterocycles. The van der Waals surface area contributed by atoms with E-state index in [9.17, 15) is 0 Å². The van der Waals surface area contributed by atoms with E-state index in [1.165, 1.54) is 6.34 Å². The van der Waals surface area contributed by atoms with Crippen molar-refractivity contribution in [3.05, 3.63) is 36.8 Å². The summed E-state index contributed by atoms with van der Waals surface area (Å²) in [4.78, 5) is 8.91. The molecule has 1 aromatic carbocycles. The Labute approximate surface area is 151 Å². The summed E-state index contributed by atoms with van der Waals surface area (Å²) in [6.07, 6.45) is 6.99. The summed E-state index contributed by atoms with van der Waals surface area (Å²) >= 11 is 0. The van der Waals surface area contributed by atoms with E-state index in [0.29, 0.717) is 5.88 Å². The highest BCUT2D eigenvalue weighted by Crippen LogP contribution is 2.33. The van der Waals surface area contributed by atoms with Gasteiger partial charge in [-0.3, -0.25) is 5.41 Å². The Morgan fingerprint density at radius 1 is 1.23 bits per heavy atom. The van der Waals surface area contributed by atoms with Gasteiger partial charge in [-0.15, -0.1) is 0 Å². The zero-order valence-electron chi connectivity index (χ0n) is 14.7. The molecule has 0 saturated carbocycles. The monoisotopic (exact) mass is 350 g/mol. The van der Waals surface area contributed by atoms with Crippen molar-refractivity contribution in [3.8, 4) is 17.0 Å². The van der Waals surface area contributed by atoms with E-state index in [2.05, 4.69) is 26.8 Å². The van der Waals surface area contributed by atoms with Gasteiger partial charge in [-0.2, -0.15) is 4.98 Å². The van der Waals surface area contributed by atoms with Crippen LogP contribution in [0.4, 0.5) is 5.69 Å². The van der Waals surface area contributed by atoms with E-state index < -0.39 is 0 Å². The highest BCUT2D eigenvalue weighted by Gasteiger charge is 2.20. The fourth-order valence-corrected chi connectivity index (χ4v) is 3.39. The van der Waals surface area contributed by atoms with Crippen LogP contribution < -0.4 is 15.4 Å². The van der Waals surface area contributed by atoms with Crippen LogP contribution in [-0.4, -0.2) is 40.1 Å². The Balaban J connectivity index is 1.70. The molecular weight excluding hydrogens is 328 g/mol. The van der Waals surface area contributed by atoms with E-state index >= 15 is 0 Å². The van der Waals surface area contributed by atoms with Gasteiger partial charge in [0.2, 0.25) is 5.88 Å². The van der Waals surface area contributed by atoms with Crippen LogP contribution >= 0.6 is 0 Å². The molecule has 3 heterocycles. The zero-order chi connectivity index (χ0) is 17.9. The maximum atomic E-state index is 7.12. The minimum absolute atomic E-state index is 0.194. The minimum Gasteiger partial charge on any atom is -0.473 e. The average Bonchev–Trinajstić information content (AvgIpc) is 3.01. The Hall–Kier alpha value is -2.93. The third-order valence-electron chi connectivity index (χ3n) is 4.72. The van der Waals surface area contributed by atoms with Gasteiger partial charge in [-0.05, 0) is 43.6 Å². The summed E-state index contributed by atoms with van der Waals surface area (Å²) in [7, 11) is 2.00. The van der Waals surface area contributed by atoms with Crippen molar-refractivity contribution >= 4 is 23.1 Å². The maximum Gasteiger partial charge on any atom is 0.242 e. The number of fused-ring (bicyclic) bond motifs is 1. The minimum atomic E-state index is 0.194. The van der Waals surface area contributed by atoms with Crippen LogP contribution in [0, 0.1) is 5.41 Å². The predicted molar refractivity (Wildman–Crippen MR) is 103 cm³/mol. The normalized spacial score (nSPS) is 15.1. The van der Waals surface area contributed by atoms with Crippen molar-refractivity contribution in [1.29, 1.82) is 5.41 Å². The van der Waals surface area contributed by atoms with E-state index in [-0.39, 0.29) is 6.10 Å². The molecule has 4 rings (SSSR count). The van der Waals surface area contributed by atoms with E-state index in [1.54, 1.807) is 6.33 Å². The molecule has 1 aliphatic heterocycles. The Bertz CT molecular complexity index is 912. The second-order valence-electron chi connectivity index (χ2n) is 6.46. The van der Waals surface area contributed by atoms with Crippen LogP contribution in [0.15, 0.2) is 36.8 Å². The Morgan fingerprint density at radius 3 is 2.73 bits per heavy atom. The summed E-state index contributed by atoms with van der Waals surface area (Å²) in [5.74, 6) is 0.651. The number of ether oxygens (including phenoxy) is 1. The summed E-state index contributed by atoms with van der Waals surface area (Å²) in [5.41, 5.74) is 4.80. The SMILES string of the molecule is Cn1cc(-c2ccc(NC=N)cc2)c2ncnc(OC3CCNCC3)c21. The van der Waals surface area contributed by atoms with Crippen LogP contribution in [-0.2, 0) is 7.05 Å². The molecule has 0 atom stereocenters. The summed E-state index contributed by atoms with van der Waals surface area (Å²) in [6, 6.07) is 7.95. The van der Waals surface area contributed by atoms with Crippen molar-refractivity contribution in [2.24, 2.45) is 7.05 Å². The molecule has 0 aliphatic carbocycles.